The van der Waals surface area contributed by atoms with Gasteiger partial charge in [-0.05, 0) is 5.92 Å². The van der Waals surface area contributed by atoms with E-state index in [4.69, 9.17) is 0 Å². The Morgan fingerprint density at radius 2 is 1.33 bits per heavy atom. The number of hydrogen-bond acceptors (Lipinski definition) is 0. The van der Waals surface area contributed by atoms with E-state index in [0.29, 0.717) is 0 Å². The van der Waals surface area contributed by atoms with E-state index >= 15 is 0 Å². The molecule has 0 saturated carbocycles. The van der Waals surface area contributed by atoms with Crippen LogP contribution in [-0.4, -0.2) is 0 Å². The highest BCUT2D eigenvalue weighted by atomic mass is 14.1. The van der Waals surface area contributed by atoms with Crippen LogP contribution in [0.2, 0.25) is 0 Å². The molecule has 0 atom stereocenters. The Hall–Kier alpha value is 0. The highest BCUT2D eigenvalue weighted by Gasteiger charge is 2.00. The van der Waals surface area contributed by atoms with Crippen molar-refractivity contribution in [2.24, 2.45) is 5.92 Å². The van der Waals surface area contributed by atoms with Gasteiger partial charge in [-0.1, -0.05) is 73.1 Å². The number of rotatable bonds is 6. The van der Waals surface area contributed by atoms with Crippen LogP contribution < -0.4 is 0 Å². The molecule has 0 rings (SSSR count). The monoisotopic (exact) mass is 172 g/mol. The van der Waals surface area contributed by atoms with Crippen molar-refractivity contribution in [1.29, 1.82) is 0 Å². The summed E-state index contributed by atoms with van der Waals surface area (Å²) in [5.41, 5.74) is 0. The average molecular weight is 172 g/mol. The predicted molar refractivity (Wildman–Crippen MR) is 59.6 cm³/mol. The molecule has 0 saturated heterocycles. The highest BCUT2D eigenvalue weighted by Crippen LogP contribution is 2.16. The van der Waals surface area contributed by atoms with Crippen molar-refractivity contribution in [1.82, 2.24) is 0 Å². The van der Waals surface area contributed by atoms with E-state index in [-0.39, 0.29) is 0 Å². The molecule has 0 unspecified atom stereocenters. The van der Waals surface area contributed by atoms with Crippen molar-refractivity contribution < 1.29 is 0 Å². The zero-order valence-corrected chi connectivity index (χ0v) is 9.82. The Kier molecular flexibility index (Phi) is 16.4. The van der Waals surface area contributed by atoms with Gasteiger partial charge in [0.05, 0.1) is 0 Å². The Labute approximate surface area is 79.8 Å². The fourth-order valence-electron chi connectivity index (χ4n) is 1.38. The topological polar surface area (TPSA) is 0 Å². The third kappa shape index (κ3) is 10.0. The molecule has 0 N–H and O–H groups in total. The Balaban J connectivity index is 0. The van der Waals surface area contributed by atoms with Gasteiger partial charge in [-0.15, -0.1) is 0 Å². The van der Waals surface area contributed by atoms with Crippen molar-refractivity contribution in [3.8, 4) is 0 Å². The van der Waals surface area contributed by atoms with Gasteiger partial charge in [0.15, 0.2) is 0 Å². The first-order chi connectivity index (χ1) is 5.85. The second-order valence-corrected chi connectivity index (χ2v) is 3.18. The molecular formula is C12H28. The largest absolute Gasteiger partial charge is 0.0683 e. The molecule has 12 heavy (non-hydrogen) atoms. The fourth-order valence-corrected chi connectivity index (χ4v) is 1.38. The SMILES string of the molecule is CC.CCCCCC(CC)CC. The second kappa shape index (κ2) is 13.6. The van der Waals surface area contributed by atoms with Gasteiger partial charge in [-0.2, -0.15) is 0 Å². The van der Waals surface area contributed by atoms with E-state index in [1.54, 1.807) is 0 Å². The summed E-state index contributed by atoms with van der Waals surface area (Å²) >= 11 is 0. The molecule has 0 heteroatoms. The zero-order valence-electron chi connectivity index (χ0n) is 9.82. The lowest BCUT2D eigenvalue weighted by atomic mass is 9.96. The van der Waals surface area contributed by atoms with Crippen LogP contribution in [0.4, 0.5) is 0 Å². The summed E-state index contributed by atoms with van der Waals surface area (Å²) in [6, 6.07) is 0. The van der Waals surface area contributed by atoms with E-state index in [0.717, 1.165) is 5.92 Å². The lowest BCUT2D eigenvalue weighted by molar-refractivity contribution is 0.432. The van der Waals surface area contributed by atoms with Gasteiger partial charge in [0.25, 0.3) is 0 Å². The van der Waals surface area contributed by atoms with Crippen molar-refractivity contribution >= 4 is 0 Å². The molecule has 0 aromatic carbocycles. The first-order valence-electron chi connectivity index (χ1n) is 5.85. The van der Waals surface area contributed by atoms with E-state index in [2.05, 4.69) is 20.8 Å². The molecule has 0 heterocycles. The zero-order chi connectivity index (χ0) is 9.82. The minimum absolute atomic E-state index is 1.01. The summed E-state index contributed by atoms with van der Waals surface area (Å²) in [6.45, 7) is 10.9. The maximum absolute atomic E-state index is 2.31. The van der Waals surface area contributed by atoms with Crippen LogP contribution in [0, 0.1) is 5.92 Å². The number of unbranched alkanes of at least 4 members (excludes halogenated alkanes) is 2. The molecule has 0 spiro atoms. The van der Waals surface area contributed by atoms with Gasteiger partial charge >= 0.3 is 0 Å². The third-order valence-electron chi connectivity index (χ3n) is 2.37. The minimum atomic E-state index is 1.01. The normalized spacial score (nSPS) is 9.50. The van der Waals surface area contributed by atoms with Crippen molar-refractivity contribution in [3.05, 3.63) is 0 Å². The van der Waals surface area contributed by atoms with Crippen LogP contribution in [0.25, 0.3) is 0 Å². The second-order valence-electron chi connectivity index (χ2n) is 3.18. The van der Waals surface area contributed by atoms with Crippen LogP contribution >= 0.6 is 0 Å². The molecule has 0 aliphatic rings. The molecule has 0 nitrogen and oxygen atoms in total. The molecule has 76 valence electrons. The van der Waals surface area contributed by atoms with Crippen LogP contribution in [0.5, 0.6) is 0 Å². The highest BCUT2D eigenvalue weighted by molar-refractivity contribution is 4.54. The first-order valence-corrected chi connectivity index (χ1v) is 5.85. The molecule has 0 aromatic heterocycles. The Morgan fingerprint density at radius 1 is 0.833 bits per heavy atom. The van der Waals surface area contributed by atoms with Gasteiger partial charge in [0.1, 0.15) is 0 Å². The van der Waals surface area contributed by atoms with Crippen LogP contribution in [-0.2, 0) is 0 Å². The van der Waals surface area contributed by atoms with Crippen LogP contribution in [0.1, 0.15) is 73.1 Å². The van der Waals surface area contributed by atoms with Gasteiger partial charge in [-0.25, -0.2) is 0 Å². The van der Waals surface area contributed by atoms with E-state index in [9.17, 15) is 0 Å². The minimum Gasteiger partial charge on any atom is -0.0683 e. The van der Waals surface area contributed by atoms with E-state index < -0.39 is 0 Å². The van der Waals surface area contributed by atoms with Crippen molar-refractivity contribution in [3.63, 3.8) is 0 Å². The average Bonchev–Trinajstić information content (AvgIpc) is 2.16. The summed E-state index contributed by atoms with van der Waals surface area (Å²) < 4.78 is 0. The van der Waals surface area contributed by atoms with Crippen LogP contribution in [0.15, 0.2) is 0 Å². The lowest BCUT2D eigenvalue weighted by Gasteiger charge is -2.10. The van der Waals surface area contributed by atoms with Crippen molar-refractivity contribution in [2.45, 2.75) is 73.1 Å². The maximum Gasteiger partial charge on any atom is -0.0420 e. The summed E-state index contributed by atoms with van der Waals surface area (Å²) in [5, 5.41) is 0. The smallest absolute Gasteiger partial charge is 0.0420 e. The summed E-state index contributed by atoms with van der Waals surface area (Å²) in [7, 11) is 0. The van der Waals surface area contributed by atoms with E-state index in [1.807, 2.05) is 13.8 Å². The molecule has 0 aliphatic carbocycles. The summed E-state index contributed by atoms with van der Waals surface area (Å²) in [6.07, 6.45) is 8.45. The lowest BCUT2D eigenvalue weighted by Crippen LogP contribution is -1.95. The molecule has 0 amide bonds. The predicted octanol–water partition coefficient (Wildman–Crippen LogP) is 5.03. The summed E-state index contributed by atoms with van der Waals surface area (Å²) in [5.74, 6) is 1.01. The standard InChI is InChI=1S/C10H22.C2H6/c1-4-7-8-9-10(5-2)6-3;1-2/h10H,4-9H2,1-3H3;1-2H3. The maximum atomic E-state index is 2.31. The quantitative estimate of drug-likeness (QED) is 0.493. The van der Waals surface area contributed by atoms with Gasteiger partial charge < -0.3 is 0 Å². The number of hydrogen-bond donors (Lipinski definition) is 0. The molecule has 0 radical (unpaired) electrons. The molecule has 0 aliphatic heterocycles. The molecular weight excluding hydrogens is 144 g/mol. The molecule has 0 aromatic rings. The summed E-state index contributed by atoms with van der Waals surface area (Å²) in [4.78, 5) is 0. The molecule has 0 bridgehead atoms. The third-order valence-corrected chi connectivity index (χ3v) is 2.37. The Bertz CT molecular complexity index is 53.1. The van der Waals surface area contributed by atoms with Gasteiger partial charge in [-0.3, -0.25) is 0 Å². The first kappa shape index (κ1) is 14.5. The molecule has 0 fully saturated rings. The Morgan fingerprint density at radius 3 is 1.67 bits per heavy atom. The van der Waals surface area contributed by atoms with Gasteiger partial charge in [0, 0.05) is 0 Å². The van der Waals surface area contributed by atoms with Crippen molar-refractivity contribution in [2.75, 3.05) is 0 Å². The van der Waals surface area contributed by atoms with Gasteiger partial charge in [0.2, 0.25) is 0 Å². The fraction of sp³-hybridized carbons (Fsp3) is 1.00. The van der Waals surface area contributed by atoms with Crippen LogP contribution in [0.3, 0.4) is 0 Å². The van der Waals surface area contributed by atoms with E-state index in [1.165, 1.54) is 38.5 Å².